The summed E-state index contributed by atoms with van der Waals surface area (Å²) >= 11 is 0. The number of fused-ring (bicyclic) bond motifs is 5. The van der Waals surface area contributed by atoms with Gasteiger partial charge >= 0.3 is 0 Å². The molecule has 0 amide bonds. The van der Waals surface area contributed by atoms with Gasteiger partial charge in [-0.3, -0.25) is 10.3 Å². The van der Waals surface area contributed by atoms with Gasteiger partial charge in [-0.15, -0.1) is 0 Å². The van der Waals surface area contributed by atoms with Crippen LogP contribution in [0.1, 0.15) is 55.2 Å². The number of allylic oxidation sites excluding steroid dienone is 1. The number of phenols is 1. The molecule has 0 radical (unpaired) electrons. The van der Waals surface area contributed by atoms with Crippen molar-refractivity contribution in [3.8, 4) is 17.2 Å². The first-order valence-corrected chi connectivity index (χ1v) is 11.8. The van der Waals surface area contributed by atoms with Gasteiger partial charge in [-0.05, 0) is 84.2 Å². The third-order valence-electron chi connectivity index (χ3n) is 8.26. The average molecular weight is 452 g/mol. The number of rotatable bonds is 6. The van der Waals surface area contributed by atoms with Crippen molar-refractivity contribution in [2.75, 3.05) is 14.2 Å². The second kappa shape index (κ2) is 8.58. The lowest BCUT2D eigenvalue weighted by molar-refractivity contribution is -0.00877. The van der Waals surface area contributed by atoms with Crippen molar-refractivity contribution < 1.29 is 24.5 Å². The second-order valence-electron chi connectivity index (χ2n) is 9.86. The number of hydrogen-bond acceptors (Lipinski definition) is 6. The summed E-state index contributed by atoms with van der Waals surface area (Å²) < 4.78 is 10.7. The molecule has 6 heteroatoms. The lowest BCUT2D eigenvalue weighted by Crippen LogP contribution is -2.43. The minimum absolute atomic E-state index is 0.0504. The lowest BCUT2D eigenvalue weighted by Gasteiger charge is -2.49. The Labute approximate surface area is 195 Å². The van der Waals surface area contributed by atoms with Gasteiger partial charge in [0.15, 0.2) is 11.5 Å². The van der Waals surface area contributed by atoms with E-state index in [-0.39, 0.29) is 17.3 Å². The Bertz CT molecular complexity index is 1050. The monoisotopic (exact) mass is 451 g/mol. The number of ether oxygens (including phenoxy) is 2. The first-order chi connectivity index (χ1) is 15.9. The third-order valence-corrected chi connectivity index (χ3v) is 8.26. The first-order valence-electron chi connectivity index (χ1n) is 11.8. The predicted octanol–water partition coefficient (Wildman–Crippen LogP) is 4.76. The summed E-state index contributed by atoms with van der Waals surface area (Å²) in [6, 6.07) is 11.5. The maximum absolute atomic E-state index is 10.7. The van der Waals surface area contributed by atoms with Gasteiger partial charge < -0.3 is 19.7 Å². The van der Waals surface area contributed by atoms with E-state index in [2.05, 4.69) is 18.5 Å². The van der Waals surface area contributed by atoms with Crippen LogP contribution in [0.4, 0.5) is 0 Å². The highest BCUT2D eigenvalue weighted by Crippen LogP contribution is 2.61. The molecular formula is C27H33NO5. The van der Waals surface area contributed by atoms with Crippen molar-refractivity contribution in [1.82, 2.24) is 5.48 Å². The van der Waals surface area contributed by atoms with Gasteiger partial charge in [0.25, 0.3) is 0 Å². The molecule has 0 saturated heterocycles. The highest BCUT2D eigenvalue weighted by atomic mass is 16.6. The molecule has 0 aromatic heterocycles. The molecular weight excluding hydrogens is 418 g/mol. The molecule has 2 saturated carbocycles. The molecule has 0 aliphatic heterocycles. The SMILES string of the molecule is COc1ccc(CONC2=C[C@@H]3[C@H](CC[C@]4(C)[C@@H](O)CC[C@@H]34)c3cc(OC)c(O)cc32)cc1. The smallest absolute Gasteiger partial charge is 0.160 e. The van der Waals surface area contributed by atoms with E-state index in [0.717, 1.165) is 48.3 Å². The molecule has 3 N–H and O–H groups in total. The summed E-state index contributed by atoms with van der Waals surface area (Å²) in [5, 5.41) is 21.2. The number of aromatic hydroxyl groups is 1. The van der Waals surface area contributed by atoms with E-state index < -0.39 is 0 Å². The quantitative estimate of drug-likeness (QED) is 0.550. The standard InChI is InChI=1S/C27H33NO5/c1-27-11-10-18-19-14-25(32-3)24(29)13-21(19)23(12-20(18)22(27)8-9-26(27)30)28-33-15-16-4-6-17(31-2)7-5-16/h4-7,12-14,18,20,22,26,28-30H,8-11,15H2,1-3H3/t18-,20-,22+,26+,27+/m1/s1. The Balaban J connectivity index is 1.44. The number of phenolic OH excluding ortho intramolecular Hbond substituents is 1. The van der Waals surface area contributed by atoms with Crippen molar-refractivity contribution >= 4 is 5.70 Å². The number of benzene rings is 2. The molecule has 5 atom stereocenters. The van der Waals surface area contributed by atoms with Gasteiger partial charge in [-0.1, -0.05) is 25.1 Å². The van der Waals surface area contributed by atoms with Crippen molar-refractivity contribution in [3.63, 3.8) is 0 Å². The molecule has 0 spiro atoms. The van der Waals surface area contributed by atoms with Crippen LogP contribution in [0.5, 0.6) is 17.2 Å². The Morgan fingerprint density at radius 1 is 1.06 bits per heavy atom. The minimum atomic E-state index is -0.240. The summed E-state index contributed by atoms with van der Waals surface area (Å²) in [4.78, 5) is 5.90. The van der Waals surface area contributed by atoms with Gasteiger partial charge in [-0.2, -0.15) is 0 Å². The van der Waals surface area contributed by atoms with E-state index in [1.165, 1.54) is 5.56 Å². The second-order valence-corrected chi connectivity index (χ2v) is 9.86. The fourth-order valence-electron chi connectivity index (χ4n) is 6.34. The molecule has 6 nitrogen and oxygen atoms in total. The summed E-state index contributed by atoms with van der Waals surface area (Å²) in [5.74, 6) is 2.48. The highest BCUT2D eigenvalue weighted by Gasteiger charge is 2.54. The molecule has 2 aromatic rings. The van der Waals surface area contributed by atoms with Crippen LogP contribution in [-0.4, -0.2) is 30.5 Å². The Morgan fingerprint density at radius 2 is 1.85 bits per heavy atom. The molecule has 2 aromatic carbocycles. The largest absolute Gasteiger partial charge is 0.504 e. The van der Waals surface area contributed by atoms with E-state index in [1.54, 1.807) is 20.3 Å². The van der Waals surface area contributed by atoms with Crippen LogP contribution < -0.4 is 15.0 Å². The molecule has 0 bridgehead atoms. The van der Waals surface area contributed by atoms with E-state index in [4.69, 9.17) is 14.3 Å². The van der Waals surface area contributed by atoms with Crippen LogP contribution in [0, 0.1) is 17.3 Å². The fraction of sp³-hybridized carbons (Fsp3) is 0.481. The molecule has 0 heterocycles. The zero-order valence-electron chi connectivity index (χ0n) is 19.5. The zero-order chi connectivity index (χ0) is 23.2. The Kier molecular flexibility index (Phi) is 5.75. The maximum atomic E-state index is 10.7. The van der Waals surface area contributed by atoms with Gasteiger partial charge in [0, 0.05) is 5.56 Å². The van der Waals surface area contributed by atoms with Crippen LogP contribution in [-0.2, 0) is 11.4 Å². The molecule has 176 valence electrons. The Morgan fingerprint density at radius 3 is 2.58 bits per heavy atom. The van der Waals surface area contributed by atoms with Crippen LogP contribution in [0.25, 0.3) is 5.70 Å². The molecule has 0 unspecified atom stereocenters. The van der Waals surface area contributed by atoms with Crippen molar-refractivity contribution in [1.29, 1.82) is 0 Å². The number of aliphatic hydroxyl groups excluding tert-OH is 1. The van der Waals surface area contributed by atoms with Gasteiger partial charge in [0.1, 0.15) is 5.75 Å². The van der Waals surface area contributed by atoms with Crippen molar-refractivity contribution in [3.05, 3.63) is 59.2 Å². The zero-order valence-corrected chi connectivity index (χ0v) is 19.5. The molecule has 3 aliphatic carbocycles. The Hall–Kier alpha value is -2.70. The van der Waals surface area contributed by atoms with E-state index in [1.807, 2.05) is 30.3 Å². The number of nitrogens with one attached hydrogen (secondary N) is 1. The van der Waals surface area contributed by atoms with E-state index in [9.17, 15) is 10.2 Å². The molecule has 3 aliphatic rings. The van der Waals surface area contributed by atoms with Crippen molar-refractivity contribution in [2.45, 2.75) is 51.2 Å². The van der Waals surface area contributed by atoms with E-state index in [0.29, 0.717) is 30.1 Å². The highest BCUT2D eigenvalue weighted by molar-refractivity contribution is 5.72. The summed E-state index contributed by atoms with van der Waals surface area (Å²) in [5.41, 5.74) is 7.14. The number of hydrogen-bond donors (Lipinski definition) is 3. The molecule has 33 heavy (non-hydrogen) atoms. The summed E-state index contributed by atoms with van der Waals surface area (Å²) in [6.07, 6.45) is 5.93. The van der Waals surface area contributed by atoms with Gasteiger partial charge in [0.2, 0.25) is 0 Å². The lowest BCUT2D eigenvalue weighted by atomic mass is 9.56. The fourth-order valence-corrected chi connectivity index (χ4v) is 6.34. The van der Waals surface area contributed by atoms with Crippen LogP contribution in [0.15, 0.2) is 42.5 Å². The van der Waals surface area contributed by atoms with Crippen LogP contribution in [0.2, 0.25) is 0 Å². The third kappa shape index (κ3) is 3.75. The minimum Gasteiger partial charge on any atom is -0.504 e. The number of aliphatic hydroxyl groups is 1. The normalized spacial score (nSPS) is 30.0. The van der Waals surface area contributed by atoms with Crippen LogP contribution in [0.3, 0.4) is 0 Å². The predicted molar refractivity (Wildman–Crippen MR) is 126 cm³/mol. The molecule has 5 rings (SSSR count). The van der Waals surface area contributed by atoms with Crippen molar-refractivity contribution in [2.24, 2.45) is 17.3 Å². The summed E-state index contributed by atoms with van der Waals surface area (Å²) in [7, 11) is 3.23. The number of hydroxylamine groups is 1. The molecule has 2 fully saturated rings. The maximum Gasteiger partial charge on any atom is 0.160 e. The van der Waals surface area contributed by atoms with Gasteiger partial charge in [-0.25, -0.2) is 0 Å². The number of methoxy groups -OCH3 is 2. The van der Waals surface area contributed by atoms with E-state index >= 15 is 0 Å². The topological polar surface area (TPSA) is 80.2 Å². The van der Waals surface area contributed by atoms with Gasteiger partial charge in [0.05, 0.1) is 32.6 Å². The average Bonchev–Trinajstić information content (AvgIpc) is 3.13. The summed E-state index contributed by atoms with van der Waals surface area (Å²) in [6.45, 7) is 2.65. The van der Waals surface area contributed by atoms with Crippen LogP contribution >= 0.6 is 0 Å². The first kappa shape index (κ1) is 22.1.